The van der Waals surface area contributed by atoms with Crippen molar-refractivity contribution < 1.29 is 13.9 Å². The molecule has 0 heterocycles. The van der Waals surface area contributed by atoms with Crippen molar-refractivity contribution in [2.24, 2.45) is 0 Å². The number of para-hydroxylation sites is 1. The number of carbonyl (C=O) groups excluding carboxylic acids is 1. The molecule has 1 N–H and O–H groups in total. The zero-order valence-corrected chi connectivity index (χ0v) is 12.9. The van der Waals surface area contributed by atoms with E-state index in [0.29, 0.717) is 23.6 Å². The maximum atomic E-state index is 12.9. The molecule has 0 atom stereocenters. The van der Waals surface area contributed by atoms with Crippen LogP contribution in [0.4, 0.5) is 4.39 Å². The average molecular weight is 321 g/mol. The van der Waals surface area contributed by atoms with E-state index in [-0.39, 0.29) is 11.7 Å². The number of ether oxygens (including phenoxy) is 1. The quantitative estimate of drug-likeness (QED) is 0.749. The average Bonchev–Trinajstić information content (AvgIpc) is 2.62. The minimum atomic E-state index is -0.296. The molecule has 3 aromatic carbocycles. The van der Waals surface area contributed by atoms with Gasteiger partial charge in [0.15, 0.2) is 0 Å². The Labute approximate surface area is 139 Å². The Morgan fingerprint density at radius 2 is 1.58 bits per heavy atom. The molecule has 0 aromatic heterocycles. The van der Waals surface area contributed by atoms with Gasteiger partial charge < -0.3 is 10.1 Å². The third-order valence-electron chi connectivity index (χ3n) is 3.44. The lowest BCUT2D eigenvalue weighted by Crippen LogP contribution is -2.22. The van der Waals surface area contributed by atoms with Crippen molar-refractivity contribution in [3.63, 3.8) is 0 Å². The molecule has 1 amide bonds. The van der Waals surface area contributed by atoms with Gasteiger partial charge >= 0.3 is 0 Å². The van der Waals surface area contributed by atoms with E-state index >= 15 is 0 Å². The van der Waals surface area contributed by atoms with E-state index in [1.807, 2.05) is 30.3 Å². The number of hydrogen-bond acceptors (Lipinski definition) is 2. The van der Waals surface area contributed by atoms with E-state index in [1.165, 1.54) is 12.1 Å². The monoisotopic (exact) mass is 321 g/mol. The SMILES string of the molecule is O=C(NCc1ccc(F)cc1)c1cccc(Oc2ccccc2)c1. The van der Waals surface area contributed by atoms with Crippen molar-refractivity contribution in [2.75, 3.05) is 0 Å². The van der Waals surface area contributed by atoms with Gasteiger partial charge in [0.05, 0.1) is 0 Å². The lowest BCUT2D eigenvalue weighted by atomic mass is 10.2. The third kappa shape index (κ3) is 4.20. The van der Waals surface area contributed by atoms with Gasteiger partial charge in [0.25, 0.3) is 5.91 Å². The van der Waals surface area contributed by atoms with E-state index in [0.717, 1.165) is 5.56 Å². The van der Waals surface area contributed by atoms with Gasteiger partial charge in [-0.05, 0) is 48.0 Å². The molecule has 0 bridgehead atoms. The molecule has 0 aliphatic rings. The first-order chi connectivity index (χ1) is 11.7. The Balaban J connectivity index is 1.64. The number of amides is 1. The predicted molar refractivity (Wildman–Crippen MR) is 90.5 cm³/mol. The number of halogens is 1. The standard InChI is InChI=1S/C20H16FNO2/c21-17-11-9-15(10-12-17)14-22-20(23)16-5-4-8-19(13-16)24-18-6-2-1-3-7-18/h1-13H,14H2,(H,22,23). The highest BCUT2D eigenvalue weighted by molar-refractivity contribution is 5.94. The molecule has 0 spiro atoms. The van der Waals surface area contributed by atoms with Crippen LogP contribution in [0, 0.1) is 5.82 Å². The van der Waals surface area contributed by atoms with Crippen LogP contribution in [0.2, 0.25) is 0 Å². The third-order valence-corrected chi connectivity index (χ3v) is 3.44. The van der Waals surface area contributed by atoms with Crippen molar-refractivity contribution in [1.29, 1.82) is 0 Å². The molecule has 24 heavy (non-hydrogen) atoms. The summed E-state index contributed by atoms with van der Waals surface area (Å²) in [4.78, 5) is 12.2. The molecule has 3 aromatic rings. The van der Waals surface area contributed by atoms with Gasteiger partial charge in [-0.2, -0.15) is 0 Å². The summed E-state index contributed by atoms with van der Waals surface area (Å²) in [5, 5.41) is 2.81. The highest BCUT2D eigenvalue weighted by atomic mass is 19.1. The molecule has 0 saturated carbocycles. The lowest BCUT2D eigenvalue weighted by molar-refractivity contribution is 0.0950. The van der Waals surface area contributed by atoms with Gasteiger partial charge in [-0.3, -0.25) is 4.79 Å². The van der Waals surface area contributed by atoms with E-state index in [2.05, 4.69) is 5.32 Å². The first kappa shape index (κ1) is 15.7. The molecule has 0 unspecified atom stereocenters. The van der Waals surface area contributed by atoms with Crippen LogP contribution >= 0.6 is 0 Å². The van der Waals surface area contributed by atoms with Gasteiger partial charge in [0, 0.05) is 12.1 Å². The number of benzene rings is 3. The van der Waals surface area contributed by atoms with E-state index < -0.39 is 0 Å². The summed E-state index contributed by atoms with van der Waals surface area (Å²) in [5.41, 5.74) is 1.34. The maximum absolute atomic E-state index is 12.9. The van der Waals surface area contributed by atoms with Gasteiger partial charge in [-0.1, -0.05) is 36.4 Å². The molecular weight excluding hydrogens is 305 g/mol. The molecule has 0 radical (unpaired) electrons. The zero-order chi connectivity index (χ0) is 16.8. The predicted octanol–water partition coefficient (Wildman–Crippen LogP) is 4.55. The smallest absolute Gasteiger partial charge is 0.251 e. The second kappa shape index (κ2) is 7.42. The lowest BCUT2D eigenvalue weighted by Gasteiger charge is -2.08. The number of rotatable bonds is 5. The van der Waals surface area contributed by atoms with Crippen molar-refractivity contribution >= 4 is 5.91 Å². The second-order valence-electron chi connectivity index (χ2n) is 5.25. The summed E-state index contributed by atoms with van der Waals surface area (Å²) in [6.45, 7) is 0.336. The Morgan fingerprint density at radius 3 is 2.33 bits per heavy atom. The van der Waals surface area contributed by atoms with Gasteiger partial charge in [0.2, 0.25) is 0 Å². The van der Waals surface area contributed by atoms with E-state index in [4.69, 9.17) is 4.74 Å². The van der Waals surface area contributed by atoms with Crippen molar-refractivity contribution in [1.82, 2.24) is 5.32 Å². The van der Waals surface area contributed by atoms with Crippen molar-refractivity contribution in [3.8, 4) is 11.5 Å². The second-order valence-corrected chi connectivity index (χ2v) is 5.25. The Morgan fingerprint density at radius 1 is 0.875 bits per heavy atom. The topological polar surface area (TPSA) is 38.3 Å². The zero-order valence-electron chi connectivity index (χ0n) is 12.9. The van der Waals surface area contributed by atoms with Gasteiger partial charge in [0.1, 0.15) is 17.3 Å². The highest BCUT2D eigenvalue weighted by Gasteiger charge is 2.07. The molecule has 4 heteroatoms. The minimum absolute atomic E-state index is 0.210. The van der Waals surface area contributed by atoms with Crippen LogP contribution < -0.4 is 10.1 Å². The summed E-state index contributed by atoms with van der Waals surface area (Å²) in [5.74, 6) is 0.797. The summed E-state index contributed by atoms with van der Waals surface area (Å²) >= 11 is 0. The first-order valence-corrected chi connectivity index (χ1v) is 7.56. The molecule has 0 saturated heterocycles. The summed E-state index contributed by atoms with van der Waals surface area (Å²) in [6, 6.07) is 22.4. The molecule has 120 valence electrons. The van der Waals surface area contributed by atoms with Crippen LogP contribution in [-0.2, 0) is 6.54 Å². The van der Waals surface area contributed by atoms with E-state index in [1.54, 1.807) is 36.4 Å². The number of carbonyl (C=O) groups is 1. The summed E-state index contributed by atoms with van der Waals surface area (Å²) < 4.78 is 18.6. The van der Waals surface area contributed by atoms with Crippen LogP contribution in [0.15, 0.2) is 78.9 Å². The van der Waals surface area contributed by atoms with Gasteiger partial charge in [-0.25, -0.2) is 4.39 Å². The molecule has 0 aliphatic heterocycles. The van der Waals surface area contributed by atoms with Crippen molar-refractivity contribution in [3.05, 3.63) is 95.8 Å². The number of nitrogens with one attached hydrogen (secondary N) is 1. The summed E-state index contributed by atoms with van der Waals surface area (Å²) in [7, 11) is 0. The molecule has 0 aliphatic carbocycles. The molecule has 3 rings (SSSR count). The van der Waals surface area contributed by atoms with Crippen LogP contribution in [0.3, 0.4) is 0 Å². The number of hydrogen-bond donors (Lipinski definition) is 1. The maximum Gasteiger partial charge on any atom is 0.251 e. The minimum Gasteiger partial charge on any atom is -0.457 e. The fourth-order valence-corrected chi connectivity index (χ4v) is 2.21. The molecular formula is C20H16FNO2. The fraction of sp³-hybridized carbons (Fsp3) is 0.0500. The van der Waals surface area contributed by atoms with E-state index in [9.17, 15) is 9.18 Å². The molecule has 0 fully saturated rings. The first-order valence-electron chi connectivity index (χ1n) is 7.56. The summed E-state index contributed by atoms with van der Waals surface area (Å²) in [6.07, 6.45) is 0. The van der Waals surface area contributed by atoms with Crippen LogP contribution in [0.25, 0.3) is 0 Å². The fourth-order valence-electron chi connectivity index (χ4n) is 2.21. The van der Waals surface area contributed by atoms with Crippen LogP contribution in [0.1, 0.15) is 15.9 Å². The highest BCUT2D eigenvalue weighted by Crippen LogP contribution is 2.21. The normalized spacial score (nSPS) is 10.2. The Bertz CT molecular complexity index is 817. The molecule has 3 nitrogen and oxygen atoms in total. The van der Waals surface area contributed by atoms with Crippen LogP contribution in [0.5, 0.6) is 11.5 Å². The van der Waals surface area contributed by atoms with Crippen LogP contribution in [-0.4, -0.2) is 5.91 Å². The van der Waals surface area contributed by atoms with Gasteiger partial charge in [-0.15, -0.1) is 0 Å². The Kier molecular flexibility index (Phi) is 4.87. The van der Waals surface area contributed by atoms with Crippen molar-refractivity contribution in [2.45, 2.75) is 6.54 Å². The Hall–Kier alpha value is -3.14. The largest absolute Gasteiger partial charge is 0.457 e.